The summed E-state index contributed by atoms with van der Waals surface area (Å²) >= 11 is 0. The Morgan fingerprint density at radius 2 is 2.21 bits per heavy atom. The van der Waals surface area contributed by atoms with Crippen molar-refractivity contribution in [1.29, 1.82) is 0 Å². The number of hydrogen-bond donors (Lipinski definition) is 1. The summed E-state index contributed by atoms with van der Waals surface area (Å²) < 4.78 is 13.0. The molecule has 24 heavy (non-hydrogen) atoms. The lowest BCUT2D eigenvalue weighted by molar-refractivity contribution is -0.119. The van der Waals surface area contributed by atoms with Gasteiger partial charge in [-0.05, 0) is 37.6 Å². The number of pyridine rings is 1. The summed E-state index contributed by atoms with van der Waals surface area (Å²) in [5.74, 6) is 0.350. The smallest absolute Gasteiger partial charge is 0.217 e. The van der Waals surface area contributed by atoms with Gasteiger partial charge in [0.2, 0.25) is 5.91 Å². The highest BCUT2D eigenvalue weighted by molar-refractivity contribution is 5.72. The molecule has 0 radical (unpaired) electrons. The van der Waals surface area contributed by atoms with E-state index in [2.05, 4.69) is 25.2 Å². The van der Waals surface area contributed by atoms with E-state index < -0.39 is 0 Å². The van der Waals surface area contributed by atoms with E-state index in [1.807, 2.05) is 0 Å². The number of nitrogens with zero attached hydrogens (tertiary/aromatic N) is 4. The maximum absolute atomic E-state index is 13.0. The van der Waals surface area contributed by atoms with Gasteiger partial charge in [0.1, 0.15) is 11.6 Å². The molecular weight excluding hydrogens is 309 g/mol. The average Bonchev–Trinajstić information content (AvgIpc) is 3.03. The molecule has 1 fully saturated rings. The summed E-state index contributed by atoms with van der Waals surface area (Å²) in [7, 11) is 0. The Morgan fingerprint density at radius 3 is 2.96 bits per heavy atom. The number of aromatic nitrogens is 3. The van der Waals surface area contributed by atoms with Gasteiger partial charge in [-0.15, -0.1) is 0 Å². The zero-order valence-electron chi connectivity index (χ0n) is 13.6. The molecule has 1 aliphatic rings. The fourth-order valence-corrected chi connectivity index (χ4v) is 2.90. The molecule has 2 aromatic rings. The van der Waals surface area contributed by atoms with Crippen LogP contribution in [0.1, 0.15) is 43.0 Å². The van der Waals surface area contributed by atoms with Gasteiger partial charge in [-0.1, -0.05) is 0 Å². The highest BCUT2D eigenvalue weighted by Gasteiger charge is 2.28. The normalized spacial score (nSPS) is 17.8. The number of halogens is 1. The SMILES string of the molecule is CC(=O)NCc1ccnc([C@@H]2CCCN2Cc2ccc(F)cn2)n1. The molecule has 1 amide bonds. The van der Waals surface area contributed by atoms with Gasteiger partial charge in [0, 0.05) is 19.7 Å². The number of hydrogen-bond acceptors (Lipinski definition) is 5. The Morgan fingerprint density at radius 1 is 1.33 bits per heavy atom. The number of carbonyl (C=O) groups excluding carboxylic acids is 1. The molecule has 3 rings (SSSR count). The standard InChI is InChI=1S/C17H20FN5O/c1-12(24)20-10-14-6-7-19-17(22-14)16-3-2-8-23(16)11-15-5-4-13(18)9-21-15/h4-7,9,16H,2-3,8,10-11H2,1H3,(H,20,24)/t16-/m0/s1. The second-order valence-electron chi connectivity index (χ2n) is 5.91. The van der Waals surface area contributed by atoms with Crippen LogP contribution in [0.5, 0.6) is 0 Å². The van der Waals surface area contributed by atoms with Gasteiger partial charge in [-0.3, -0.25) is 14.7 Å². The summed E-state index contributed by atoms with van der Waals surface area (Å²) in [5.41, 5.74) is 1.62. The van der Waals surface area contributed by atoms with Gasteiger partial charge in [-0.25, -0.2) is 14.4 Å². The Hall–Kier alpha value is -2.41. The zero-order valence-corrected chi connectivity index (χ0v) is 13.6. The summed E-state index contributed by atoms with van der Waals surface area (Å²) in [6.45, 7) is 3.46. The van der Waals surface area contributed by atoms with Crippen molar-refractivity contribution >= 4 is 5.91 Å². The topological polar surface area (TPSA) is 71.0 Å². The minimum absolute atomic E-state index is 0.0833. The quantitative estimate of drug-likeness (QED) is 0.908. The lowest BCUT2D eigenvalue weighted by Crippen LogP contribution is -2.25. The Balaban J connectivity index is 1.71. The summed E-state index contributed by atoms with van der Waals surface area (Å²) in [6, 6.07) is 5.06. The number of likely N-dealkylation sites (tertiary alicyclic amines) is 1. The van der Waals surface area contributed by atoms with E-state index in [0.29, 0.717) is 13.1 Å². The molecule has 0 aromatic carbocycles. The minimum atomic E-state index is -0.328. The van der Waals surface area contributed by atoms with Gasteiger partial charge in [-0.2, -0.15) is 0 Å². The van der Waals surface area contributed by atoms with Crippen LogP contribution < -0.4 is 5.32 Å². The molecule has 0 unspecified atom stereocenters. The first kappa shape index (κ1) is 16.4. The molecule has 1 saturated heterocycles. The summed E-state index contributed by atoms with van der Waals surface area (Å²) in [6.07, 6.45) is 5.01. The molecule has 3 heterocycles. The van der Waals surface area contributed by atoms with Gasteiger partial charge >= 0.3 is 0 Å². The van der Waals surface area contributed by atoms with Crippen LogP contribution in [-0.4, -0.2) is 32.3 Å². The summed E-state index contributed by atoms with van der Waals surface area (Å²) in [5, 5.41) is 2.75. The second-order valence-corrected chi connectivity index (χ2v) is 5.91. The first-order chi connectivity index (χ1) is 11.6. The van der Waals surface area contributed by atoms with E-state index in [0.717, 1.165) is 36.6 Å². The molecule has 7 heteroatoms. The molecule has 0 aliphatic carbocycles. The van der Waals surface area contributed by atoms with Crippen LogP contribution in [-0.2, 0) is 17.9 Å². The van der Waals surface area contributed by atoms with Crippen molar-refractivity contribution in [3.63, 3.8) is 0 Å². The van der Waals surface area contributed by atoms with Crippen LogP contribution in [0.25, 0.3) is 0 Å². The Bertz CT molecular complexity index is 706. The van der Waals surface area contributed by atoms with Crippen LogP contribution in [0.4, 0.5) is 4.39 Å². The van der Waals surface area contributed by atoms with Gasteiger partial charge in [0.15, 0.2) is 0 Å². The molecule has 1 aliphatic heterocycles. The van der Waals surface area contributed by atoms with E-state index in [-0.39, 0.29) is 17.8 Å². The molecule has 126 valence electrons. The molecule has 0 bridgehead atoms. The first-order valence-electron chi connectivity index (χ1n) is 8.02. The lowest BCUT2D eigenvalue weighted by Gasteiger charge is -2.23. The maximum atomic E-state index is 13.0. The lowest BCUT2D eigenvalue weighted by atomic mass is 10.2. The van der Waals surface area contributed by atoms with Crippen molar-refractivity contribution < 1.29 is 9.18 Å². The molecule has 1 atom stereocenters. The second kappa shape index (κ2) is 7.44. The van der Waals surface area contributed by atoms with Crippen LogP contribution in [0.3, 0.4) is 0 Å². The van der Waals surface area contributed by atoms with E-state index in [1.165, 1.54) is 19.2 Å². The van der Waals surface area contributed by atoms with Gasteiger partial charge in [0.25, 0.3) is 0 Å². The minimum Gasteiger partial charge on any atom is -0.351 e. The predicted octanol–water partition coefficient (Wildman–Crippen LogP) is 1.98. The molecule has 0 spiro atoms. The third-order valence-corrected chi connectivity index (χ3v) is 4.07. The van der Waals surface area contributed by atoms with E-state index in [4.69, 9.17) is 0 Å². The van der Waals surface area contributed by atoms with Crippen molar-refractivity contribution in [2.24, 2.45) is 0 Å². The molecule has 1 N–H and O–H groups in total. The average molecular weight is 329 g/mol. The Kier molecular flexibility index (Phi) is 5.10. The van der Waals surface area contributed by atoms with E-state index >= 15 is 0 Å². The largest absolute Gasteiger partial charge is 0.351 e. The highest BCUT2D eigenvalue weighted by atomic mass is 19.1. The maximum Gasteiger partial charge on any atom is 0.217 e. The summed E-state index contributed by atoms with van der Waals surface area (Å²) in [4.78, 5) is 26.4. The highest BCUT2D eigenvalue weighted by Crippen LogP contribution is 2.30. The first-order valence-corrected chi connectivity index (χ1v) is 8.02. The van der Waals surface area contributed by atoms with Gasteiger partial charge in [0.05, 0.1) is 30.2 Å². The third kappa shape index (κ3) is 4.11. The van der Waals surface area contributed by atoms with Crippen molar-refractivity contribution in [3.8, 4) is 0 Å². The van der Waals surface area contributed by atoms with Crippen molar-refractivity contribution in [2.45, 2.75) is 38.9 Å². The molecule has 6 nitrogen and oxygen atoms in total. The van der Waals surface area contributed by atoms with Gasteiger partial charge < -0.3 is 5.32 Å². The number of rotatable bonds is 5. The number of carbonyl (C=O) groups is 1. The van der Waals surface area contributed by atoms with Crippen LogP contribution >= 0.6 is 0 Å². The molecule has 2 aromatic heterocycles. The van der Waals surface area contributed by atoms with Crippen LogP contribution in [0, 0.1) is 5.82 Å². The van der Waals surface area contributed by atoms with E-state index in [1.54, 1.807) is 18.3 Å². The number of amides is 1. The van der Waals surface area contributed by atoms with Crippen molar-refractivity contribution in [3.05, 3.63) is 53.6 Å². The Labute approximate surface area is 140 Å². The monoisotopic (exact) mass is 329 g/mol. The molecule has 0 saturated carbocycles. The fraction of sp³-hybridized carbons (Fsp3) is 0.412. The third-order valence-electron chi connectivity index (χ3n) is 4.07. The van der Waals surface area contributed by atoms with Crippen molar-refractivity contribution in [2.75, 3.05) is 6.54 Å². The fourth-order valence-electron chi connectivity index (χ4n) is 2.90. The number of nitrogens with one attached hydrogen (secondary N) is 1. The zero-order chi connectivity index (χ0) is 16.9. The van der Waals surface area contributed by atoms with E-state index in [9.17, 15) is 9.18 Å². The predicted molar refractivity (Wildman–Crippen MR) is 86.1 cm³/mol. The molecular formula is C17H20FN5O. The van der Waals surface area contributed by atoms with Crippen LogP contribution in [0.2, 0.25) is 0 Å². The van der Waals surface area contributed by atoms with Crippen molar-refractivity contribution in [1.82, 2.24) is 25.2 Å². The van der Waals surface area contributed by atoms with Crippen LogP contribution in [0.15, 0.2) is 30.6 Å².